The first-order valence-corrected chi connectivity index (χ1v) is 29.3. The van der Waals surface area contributed by atoms with Crippen LogP contribution in [0.15, 0.2) is 0 Å². The summed E-state index contributed by atoms with van der Waals surface area (Å²) in [5, 5.41) is 33.8. The highest BCUT2D eigenvalue weighted by Gasteiger charge is 2.26. The minimum atomic E-state index is -1.13. The van der Waals surface area contributed by atoms with E-state index in [9.17, 15) is 20.1 Å². The van der Waals surface area contributed by atoms with Crippen LogP contribution in [0.3, 0.4) is 0 Å². The lowest BCUT2D eigenvalue weighted by Crippen LogP contribution is -2.50. The number of nitrogens with one attached hydrogen (secondary N) is 1. The second-order valence-electron chi connectivity index (χ2n) is 20.6. The summed E-state index contributed by atoms with van der Waals surface area (Å²) >= 11 is 0. The molecule has 0 aliphatic rings. The number of carbonyl (C=O) groups excluding carboxylic acids is 1. The molecule has 3 unspecified atom stereocenters. The van der Waals surface area contributed by atoms with Crippen LogP contribution < -0.4 is 5.32 Å². The number of amides is 1. The van der Waals surface area contributed by atoms with Crippen molar-refractivity contribution in [2.45, 2.75) is 360 Å². The van der Waals surface area contributed by atoms with Crippen LogP contribution in [-0.2, 0) is 4.79 Å². The fraction of sp³-hybridized carbons (Fsp3) is 0.983. The molecule has 63 heavy (non-hydrogen) atoms. The van der Waals surface area contributed by atoms with Gasteiger partial charge in [0.2, 0.25) is 5.91 Å². The normalized spacial score (nSPS) is 13.2. The van der Waals surface area contributed by atoms with Gasteiger partial charge in [0.1, 0.15) is 6.10 Å². The molecule has 0 fully saturated rings. The lowest BCUT2D eigenvalue weighted by atomic mass is 9.99. The predicted octanol–water partition coefficient (Wildman–Crippen LogP) is 18.1. The Kier molecular flexibility index (Phi) is 53.4. The van der Waals surface area contributed by atoms with Crippen molar-refractivity contribution in [3.63, 3.8) is 0 Å². The van der Waals surface area contributed by atoms with E-state index < -0.39 is 18.2 Å². The summed E-state index contributed by atoms with van der Waals surface area (Å²) in [6, 6.07) is -0.804. The van der Waals surface area contributed by atoms with Crippen molar-refractivity contribution < 1.29 is 20.1 Å². The van der Waals surface area contributed by atoms with E-state index in [0.717, 1.165) is 32.1 Å². The average molecular weight is 893 g/mol. The molecule has 5 heteroatoms. The molecule has 4 N–H and O–H groups in total. The van der Waals surface area contributed by atoms with Gasteiger partial charge in [-0.25, -0.2) is 0 Å². The van der Waals surface area contributed by atoms with Gasteiger partial charge in [-0.15, -0.1) is 0 Å². The molecular weight excluding hydrogens is 775 g/mol. The van der Waals surface area contributed by atoms with E-state index in [-0.39, 0.29) is 12.5 Å². The van der Waals surface area contributed by atoms with Gasteiger partial charge in [-0.2, -0.15) is 0 Å². The van der Waals surface area contributed by atoms with E-state index >= 15 is 0 Å². The van der Waals surface area contributed by atoms with E-state index in [1.165, 1.54) is 283 Å². The van der Waals surface area contributed by atoms with Crippen molar-refractivity contribution in [1.82, 2.24) is 5.32 Å². The molecule has 378 valence electrons. The van der Waals surface area contributed by atoms with Crippen molar-refractivity contribution in [3.8, 4) is 0 Å². The minimum Gasteiger partial charge on any atom is -0.394 e. The molecule has 0 saturated heterocycles. The molecule has 5 nitrogen and oxygen atoms in total. The van der Waals surface area contributed by atoms with Crippen molar-refractivity contribution in [3.05, 3.63) is 0 Å². The number of aliphatic hydroxyl groups excluding tert-OH is 3. The Labute approximate surface area is 396 Å². The third-order valence-electron chi connectivity index (χ3n) is 14.2. The monoisotopic (exact) mass is 892 g/mol. The quantitative estimate of drug-likeness (QED) is 0.0458. The summed E-state index contributed by atoms with van der Waals surface area (Å²) in [6.07, 6.45) is 65.6. The first-order chi connectivity index (χ1) is 31.1. The van der Waals surface area contributed by atoms with E-state index in [4.69, 9.17) is 0 Å². The first kappa shape index (κ1) is 62.4. The smallest absolute Gasteiger partial charge is 0.220 e. The predicted molar refractivity (Wildman–Crippen MR) is 278 cm³/mol. The molecular formula is C58H117NO4. The number of rotatable bonds is 55. The number of carbonyl (C=O) groups is 1. The molecule has 0 aromatic heterocycles. The molecule has 0 aromatic carbocycles. The number of hydrogen-bond acceptors (Lipinski definition) is 4. The lowest BCUT2D eigenvalue weighted by Gasteiger charge is -2.26. The zero-order valence-electron chi connectivity index (χ0n) is 43.3. The highest BCUT2D eigenvalue weighted by Crippen LogP contribution is 2.19. The zero-order valence-corrected chi connectivity index (χ0v) is 43.3. The summed E-state index contributed by atoms with van der Waals surface area (Å²) in [6.45, 7) is 4.23. The standard InChI is InChI=1S/C58H117NO4/c1-3-5-7-9-11-13-15-17-19-21-23-24-25-26-27-28-29-30-31-32-33-35-37-39-41-43-45-47-49-51-53-57(62)59-55(54-60)58(63)56(61)52-50-48-46-44-42-40-38-36-34-22-20-18-16-14-12-10-8-6-4-2/h55-56,58,60-61,63H,3-54H2,1-2H3,(H,59,62). The first-order valence-electron chi connectivity index (χ1n) is 29.3. The van der Waals surface area contributed by atoms with Crippen LogP contribution in [0, 0.1) is 0 Å². The molecule has 0 saturated carbocycles. The van der Waals surface area contributed by atoms with Crippen LogP contribution >= 0.6 is 0 Å². The Balaban J connectivity index is 3.46. The fourth-order valence-electron chi connectivity index (χ4n) is 9.70. The maximum absolute atomic E-state index is 12.5. The van der Waals surface area contributed by atoms with Gasteiger partial charge in [0, 0.05) is 6.42 Å². The molecule has 0 aromatic rings. The summed E-state index contributed by atoms with van der Waals surface area (Å²) in [7, 11) is 0. The van der Waals surface area contributed by atoms with Crippen molar-refractivity contribution in [2.24, 2.45) is 0 Å². The Morgan fingerprint density at radius 2 is 0.540 bits per heavy atom. The molecule has 0 bridgehead atoms. The van der Waals surface area contributed by atoms with Gasteiger partial charge in [-0.3, -0.25) is 4.79 Å². The molecule has 0 aliphatic heterocycles. The maximum Gasteiger partial charge on any atom is 0.220 e. The van der Waals surface area contributed by atoms with Gasteiger partial charge < -0.3 is 20.6 Å². The molecule has 0 aliphatic carbocycles. The van der Waals surface area contributed by atoms with E-state index in [1.54, 1.807) is 0 Å². The van der Waals surface area contributed by atoms with Crippen LogP contribution in [0.25, 0.3) is 0 Å². The SMILES string of the molecule is CCCCCCCCCCCCCCCCCCCCCCCCCCCCCCCCC(=O)NC(CO)C(O)C(O)CCCCCCCCCCCCCCCCCCCCC. The third kappa shape index (κ3) is 49.1. The Morgan fingerprint density at radius 1 is 0.333 bits per heavy atom. The van der Waals surface area contributed by atoms with E-state index in [2.05, 4.69) is 19.2 Å². The highest BCUT2D eigenvalue weighted by atomic mass is 16.3. The van der Waals surface area contributed by atoms with Gasteiger partial charge in [0.15, 0.2) is 0 Å². The third-order valence-corrected chi connectivity index (χ3v) is 14.2. The summed E-state index contributed by atoms with van der Waals surface area (Å²) in [5.41, 5.74) is 0. The largest absolute Gasteiger partial charge is 0.394 e. The lowest BCUT2D eigenvalue weighted by molar-refractivity contribution is -0.124. The summed E-state index contributed by atoms with van der Waals surface area (Å²) in [4.78, 5) is 12.5. The van der Waals surface area contributed by atoms with Gasteiger partial charge in [-0.05, 0) is 12.8 Å². The van der Waals surface area contributed by atoms with E-state index in [0.29, 0.717) is 12.8 Å². The molecule has 1 amide bonds. The molecule has 0 heterocycles. The van der Waals surface area contributed by atoms with Crippen molar-refractivity contribution in [1.29, 1.82) is 0 Å². The summed E-state index contributed by atoms with van der Waals surface area (Å²) < 4.78 is 0. The number of hydrogen-bond donors (Lipinski definition) is 4. The van der Waals surface area contributed by atoms with Gasteiger partial charge >= 0.3 is 0 Å². The fourth-order valence-corrected chi connectivity index (χ4v) is 9.70. The average Bonchev–Trinajstić information content (AvgIpc) is 3.29. The maximum atomic E-state index is 12.5. The van der Waals surface area contributed by atoms with E-state index in [1.807, 2.05) is 0 Å². The Bertz CT molecular complexity index is 853. The van der Waals surface area contributed by atoms with Crippen LogP contribution in [-0.4, -0.2) is 46.1 Å². The van der Waals surface area contributed by atoms with Crippen molar-refractivity contribution in [2.75, 3.05) is 6.61 Å². The zero-order chi connectivity index (χ0) is 45.8. The Hall–Kier alpha value is -0.650. The Morgan fingerprint density at radius 3 is 0.762 bits per heavy atom. The van der Waals surface area contributed by atoms with Crippen molar-refractivity contribution >= 4 is 5.91 Å². The van der Waals surface area contributed by atoms with Crippen LogP contribution in [0.2, 0.25) is 0 Å². The highest BCUT2D eigenvalue weighted by molar-refractivity contribution is 5.76. The molecule has 0 rings (SSSR count). The van der Waals surface area contributed by atoms with Crippen LogP contribution in [0.4, 0.5) is 0 Å². The number of aliphatic hydroxyl groups is 3. The topological polar surface area (TPSA) is 89.8 Å². The van der Waals surface area contributed by atoms with Gasteiger partial charge in [0.05, 0.1) is 18.8 Å². The summed E-state index contributed by atoms with van der Waals surface area (Å²) in [5.74, 6) is -0.135. The molecule has 0 radical (unpaired) electrons. The van der Waals surface area contributed by atoms with Crippen LogP contribution in [0.1, 0.15) is 341 Å². The molecule has 3 atom stereocenters. The second-order valence-corrected chi connectivity index (χ2v) is 20.6. The minimum absolute atomic E-state index is 0.135. The second kappa shape index (κ2) is 54.0. The molecule has 0 spiro atoms. The van der Waals surface area contributed by atoms with Gasteiger partial charge in [-0.1, -0.05) is 322 Å². The van der Waals surface area contributed by atoms with Gasteiger partial charge in [0.25, 0.3) is 0 Å². The number of unbranched alkanes of at least 4 members (excludes halogenated alkanes) is 47. The van der Waals surface area contributed by atoms with Crippen LogP contribution in [0.5, 0.6) is 0 Å².